The summed E-state index contributed by atoms with van der Waals surface area (Å²) in [4.78, 5) is 16.4. The Morgan fingerprint density at radius 3 is 2.50 bits per heavy atom. The molecule has 0 bridgehead atoms. The molecule has 22 heavy (non-hydrogen) atoms. The van der Waals surface area contributed by atoms with Crippen LogP contribution in [0, 0.1) is 5.92 Å². The SMILES string of the molecule is CCC(CC)C(O)CNC(=O)c1ccc(-c2cscn2)cc1. The lowest BCUT2D eigenvalue weighted by atomic mass is 9.96. The number of nitrogens with zero attached hydrogens (tertiary/aromatic N) is 1. The summed E-state index contributed by atoms with van der Waals surface area (Å²) in [7, 11) is 0. The van der Waals surface area contributed by atoms with Crippen LogP contribution in [0.1, 0.15) is 37.0 Å². The Hall–Kier alpha value is -1.72. The van der Waals surface area contributed by atoms with Gasteiger partial charge >= 0.3 is 0 Å². The van der Waals surface area contributed by atoms with Gasteiger partial charge in [-0.05, 0) is 18.1 Å². The predicted octanol–water partition coefficient (Wildman–Crippen LogP) is 3.34. The third-order valence-electron chi connectivity index (χ3n) is 3.94. The number of aliphatic hydroxyl groups is 1. The largest absolute Gasteiger partial charge is 0.391 e. The number of aromatic nitrogens is 1. The van der Waals surface area contributed by atoms with Gasteiger partial charge in [0.15, 0.2) is 0 Å². The molecule has 2 rings (SSSR count). The number of amides is 1. The molecule has 2 N–H and O–H groups in total. The summed E-state index contributed by atoms with van der Waals surface area (Å²) in [6.45, 7) is 4.39. The second-order valence-electron chi connectivity index (χ2n) is 5.30. The van der Waals surface area contributed by atoms with Crippen LogP contribution in [0.4, 0.5) is 0 Å². The van der Waals surface area contributed by atoms with Crippen molar-refractivity contribution in [2.45, 2.75) is 32.8 Å². The van der Waals surface area contributed by atoms with Gasteiger partial charge in [0.25, 0.3) is 5.91 Å². The molecule has 0 aliphatic rings. The van der Waals surface area contributed by atoms with Gasteiger partial charge in [0.05, 0.1) is 17.3 Å². The minimum absolute atomic E-state index is 0.158. The molecule has 1 aromatic carbocycles. The summed E-state index contributed by atoms with van der Waals surface area (Å²) >= 11 is 1.54. The van der Waals surface area contributed by atoms with Gasteiger partial charge in [0, 0.05) is 23.1 Å². The van der Waals surface area contributed by atoms with Crippen LogP contribution in [-0.4, -0.2) is 28.6 Å². The Labute approximate surface area is 135 Å². The monoisotopic (exact) mass is 318 g/mol. The highest BCUT2D eigenvalue weighted by molar-refractivity contribution is 7.07. The number of hydrogen-bond donors (Lipinski definition) is 2. The lowest BCUT2D eigenvalue weighted by molar-refractivity contribution is 0.0816. The molecule has 0 saturated carbocycles. The molecule has 0 aliphatic carbocycles. The minimum Gasteiger partial charge on any atom is -0.391 e. The van der Waals surface area contributed by atoms with Crippen LogP contribution in [0.2, 0.25) is 0 Å². The average Bonchev–Trinajstić information content (AvgIpc) is 3.08. The van der Waals surface area contributed by atoms with Gasteiger partial charge in [-0.2, -0.15) is 0 Å². The maximum Gasteiger partial charge on any atom is 0.251 e. The number of rotatable bonds is 7. The third kappa shape index (κ3) is 4.15. The van der Waals surface area contributed by atoms with E-state index in [9.17, 15) is 9.90 Å². The zero-order chi connectivity index (χ0) is 15.9. The Balaban J connectivity index is 1.93. The Kier molecular flexibility index (Phi) is 6.10. The van der Waals surface area contributed by atoms with Crippen molar-refractivity contribution in [1.29, 1.82) is 0 Å². The van der Waals surface area contributed by atoms with Gasteiger partial charge in [0.2, 0.25) is 0 Å². The van der Waals surface area contributed by atoms with Crippen molar-refractivity contribution in [3.05, 3.63) is 40.7 Å². The van der Waals surface area contributed by atoms with Crippen molar-refractivity contribution in [2.75, 3.05) is 6.54 Å². The molecule has 1 unspecified atom stereocenters. The van der Waals surface area contributed by atoms with Crippen LogP contribution in [0.25, 0.3) is 11.3 Å². The van der Waals surface area contributed by atoms with Crippen LogP contribution in [0.3, 0.4) is 0 Å². The van der Waals surface area contributed by atoms with E-state index in [2.05, 4.69) is 24.1 Å². The molecule has 118 valence electrons. The maximum atomic E-state index is 12.1. The van der Waals surface area contributed by atoms with Gasteiger partial charge < -0.3 is 10.4 Å². The molecule has 5 heteroatoms. The van der Waals surface area contributed by atoms with E-state index in [1.54, 1.807) is 29.0 Å². The van der Waals surface area contributed by atoms with E-state index in [0.717, 1.165) is 24.1 Å². The van der Waals surface area contributed by atoms with Gasteiger partial charge in [0.1, 0.15) is 0 Å². The number of thiazole rings is 1. The van der Waals surface area contributed by atoms with Crippen LogP contribution in [0.15, 0.2) is 35.2 Å². The van der Waals surface area contributed by atoms with E-state index in [-0.39, 0.29) is 11.8 Å². The molecular formula is C17H22N2O2S. The van der Waals surface area contributed by atoms with Crippen molar-refractivity contribution in [3.63, 3.8) is 0 Å². The summed E-state index contributed by atoms with van der Waals surface area (Å²) in [6, 6.07) is 7.35. The number of nitrogens with one attached hydrogen (secondary N) is 1. The fourth-order valence-electron chi connectivity index (χ4n) is 2.45. The van der Waals surface area contributed by atoms with Crippen LogP contribution < -0.4 is 5.32 Å². The normalized spacial score (nSPS) is 12.4. The van der Waals surface area contributed by atoms with E-state index in [1.807, 2.05) is 17.5 Å². The molecule has 0 aliphatic heterocycles. The molecule has 1 amide bonds. The smallest absolute Gasteiger partial charge is 0.251 e. The minimum atomic E-state index is -0.492. The molecule has 2 aromatic rings. The summed E-state index contributed by atoms with van der Waals surface area (Å²) in [6.07, 6.45) is 1.33. The van der Waals surface area contributed by atoms with E-state index in [1.165, 1.54) is 0 Å². The summed E-state index contributed by atoms with van der Waals surface area (Å²) in [5.41, 5.74) is 4.29. The zero-order valence-electron chi connectivity index (χ0n) is 13.0. The van der Waals surface area contributed by atoms with Crippen LogP contribution >= 0.6 is 11.3 Å². The van der Waals surface area contributed by atoms with Gasteiger partial charge in [-0.1, -0.05) is 38.8 Å². The van der Waals surface area contributed by atoms with E-state index in [4.69, 9.17) is 0 Å². The van der Waals surface area contributed by atoms with Crippen molar-refractivity contribution in [2.24, 2.45) is 5.92 Å². The number of aliphatic hydroxyl groups excluding tert-OH is 1. The number of benzene rings is 1. The third-order valence-corrected chi connectivity index (χ3v) is 4.53. The maximum absolute atomic E-state index is 12.1. The lowest BCUT2D eigenvalue weighted by Crippen LogP contribution is -2.36. The zero-order valence-corrected chi connectivity index (χ0v) is 13.8. The second-order valence-corrected chi connectivity index (χ2v) is 6.02. The molecular weight excluding hydrogens is 296 g/mol. The van der Waals surface area contributed by atoms with Gasteiger partial charge in [-0.15, -0.1) is 11.3 Å². The number of hydrogen-bond acceptors (Lipinski definition) is 4. The molecule has 0 radical (unpaired) electrons. The van der Waals surface area contributed by atoms with E-state index < -0.39 is 6.10 Å². The highest BCUT2D eigenvalue weighted by atomic mass is 32.1. The fourth-order valence-corrected chi connectivity index (χ4v) is 3.01. The van der Waals surface area contributed by atoms with Crippen LogP contribution in [-0.2, 0) is 0 Å². The average molecular weight is 318 g/mol. The predicted molar refractivity (Wildman–Crippen MR) is 90.0 cm³/mol. The van der Waals surface area contributed by atoms with Crippen molar-refractivity contribution < 1.29 is 9.90 Å². The van der Waals surface area contributed by atoms with E-state index >= 15 is 0 Å². The first kappa shape index (κ1) is 16.6. The molecule has 1 heterocycles. The standard InChI is InChI=1S/C17H22N2O2S/c1-3-12(4-2)16(20)9-18-17(21)14-7-5-13(6-8-14)15-10-22-11-19-15/h5-8,10-12,16,20H,3-4,9H2,1-2H3,(H,18,21). The molecule has 4 nitrogen and oxygen atoms in total. The highest BCUT2D eigenvalue weighted by Crippen LogP contribution is 2.19. The fraction of sp³-hybridized carbons (Fsp3) is 0.412. The highest BCUT2D eigenvalue weighted by Gasteiger charge is 2.16. The molecule has 1 aromatic heterocycles. The number of carbonyl (C=O) groups excluding carboxylic acids is 1. The first-order valence-corrected chi connectivity index (χ1v) is 8.54. The molecule has 0 fully saturated rings. The Morgan fingerprint density at radius 1 is 1.27 bits per heavy atom. The summed E-state index contributed by atoms with van der Waals surface area (Å²) in [5.74, 6) is 0.0715. The van der Waals surface area contributed by atoms with Crippen molar-refractivity contribution >= 4 is 17.2 Å². The summed E-state index contributed by atoms with van der Waals surface area (Å²) in [5, 5.41) is 14.8. The van der Waals surface area contributed by atoms with Gasteiger partial charge in [-0.25, -0.2) is 4.98 Å². The van der Waals surface area contributed by atoms with Crippen LogP contribution in [0.5, 0.6) is 0 Å². The van der Waals surface area contributed by atoms with E-state index in [0.29, 0.717) is 12.1 Å². The topological polar surface area (TPSA) is 62.2 Å². The number of carbonyl (C=O) groups is 1. The van der Waals surface area contributed by atoms with Crippen molar-refractivity contribution in [1.82, 2.24) is 10.3 Å². The molecule has 0 saturated heterocycles. The Bertz CT molecular complexity index is 577. The molecule has 0 spiro atoms. The first-order chi connectivity index (χ1) is 10.7. The Morgan fingerprint density at radius 2 is 1.95 bits per heavy atom. The second kappa shape index (κ2) is 8.06. The van der Waals surface area contributed by atoms with Crippen molar-refractivity contribution in [3.8, 4) is 11.3 Å². The summed E-state index contributed by atoms with van der Waals surface area (Å²) < 4.78 is 0. The molecule has 1 atom stereocenters. The van der Waals surface area contributed by atoms with Gasteiger partial charge in [-0.3, -0.25) is 4.79 Å². The first-order valence-electron chi connectivity index (χ1n) is 7.60. The quantitative estimate of drug-likeness (QED) is 0.823. The lowest BCUT2D eigenvalue weighted by Gasteiger charge is -2.20.